The van der Waals surface area contributed by atoms with E-state index in [4.69, 9.17) is 0 Å². The normalized spacial score (nSPS) is 45.3. The molecule has 0 saturated heterocycles. The second-order valence-electron chi connectivity index (χ2n) is 14.2. The molecule has 2 saturated carbocycles. The highest BCUT2D eigenvalue weighted by atomic mass is 16.3. The van der Waals surface area contributed by atoms with Gasteiger partial charge in [-0.25, -0.2) is 0 Å². The third-order valence-corrected chi connectivity index (χ3v) is 11.7. The number of aliphatic hydroxyl groups excluding tert-OH is 1. The number of hydrogen-bond donors (Lipinski definition) is 1. The summed E-state index contributed by atoms with van der Waals surface area (Å²) in [7, 11) is 0. The van der Waals surface area contributed by atoms with E-state index in [0.29, 0.717) is 22.2 Å². The first kappa shape index (κ1) is 23.8. The molecular weight excluding hydrogens is 376 g/mol. The van der Waals surface area contributed by atoms with Gasteiger partial charge in [0.1, 0.15) is 0 Å². The van der Waals surface area contributed by atoms with E-state index < -0.39 is 0 Å². The molecule has 4 aliphatic carbocycles. The van der Waals surface area contributed by atoms with Crippen LogP contribution in [0, 0.1) is 45.3 Å². The lowest BCUT2D eigenvalue weighted by Gasteiger charge is -2.62. The van der Waals surface area contributed by atoms with E-state index >= 15 is 0 Å². The number of hydrogen-bond acceptors (Lipinski definition) is 1. The Morgan fingerprint density at radius 3 is 2.32 bits per heavy atom. The maximum absolute atomic E-state index is 11.7. The monoisotopic (exact) mass is 428 g/mol. The fraction of sp³-hybridized carbons (Fsp3) is 0.933. The van der Waals surface area contributed by atoms with E-state index in [1.807, 2.05) is 0 Å². The first-order valence-electron chi connectivity index (χ1n) is 13.8. The van der Waals surface area contributed by atoms with Crippen LogP contribution in [0.4, 0.5) is 0 Å². The Bertz CT molecular complexity index is 716. The van der Waals surface area contributed by atoms with Gasteiger partial charge in [0, 0.05) is 0 Å². The van der Waals surface area contributed by atoms with Crippen molar-refractivity contribution in [2.75, 3.05) is 0 Å². The fourth-order valence-corrected chi connectivity index (χ4v) is 9.74. The number of aliphatic hydroxyl groups is 1. The zero-order valence-electron chi connectivity index (χ0n) is 22.1. The van der Waals surface area contributed by atoms with E-state index in [9.17, 15) is 5.11 Å². The Hall–Kier alpha value is -0.300. The smallest absolute Gasteiger partial charge is 0.0761 e. The van der Waals surface area contributed by atoms with Gasteiger partial charge in [-0.15, -0.1) is 0 Å². The molecule has 31 heavy (non-hydrogen) atoms. The van der Waals surface area contributed by atoms with Crippen LogP contribution in [-0.2, 0) is 0 Å². The van der Waals surface area contributed by atoms with Crippen LogP contribution in [-0.4, -0.2) is 11.2 Å². The largest absolute Gasteiger partial charge is 0.389 e. The van der Waals surface area contributed by atoms with Crippen LogP contribution in [0.3, 0.4) is 0 Å². The van der Waals surface area contributed by atoms with Crippen molar-refractivity contribution in [3.63, 3.8) is 0 Å². The molecule has 2 unspecified atom stereocenters. The first-order valence-corrected chi connectivity index (χ1v) is 13.8. The predicted molar refractivity (Wildman–Crippen MR) is 133 cm³/mol. The molecule has 1 heteroatoms. The van der Waals surface area contributed by atoms with Gasteiger partial charge < -0.3 is 5.11 Å². The van der Waals surface area contributed by atoms with Crippen LogP contribution in [0.2, 0.25) is 0 Å². The molecule has 1 N–H and O–H groups in total. The summed E-state index contributed by atoms with van der Waals surface area (Å²) in [6.45, 7) is 20.0. The molecule has 0 aromatic carbocycles. The summed E-state index contributed by atoms with van der Waals surface area (Å²) < 4.78 is 0. The number of rotatable bonds is 5. The molecule has 0 radical (unpaired) electrons. The van der Waals surface area contributed by atoms with Crippen LogP contribution in [0.1, 0.15) is 126 Å². The van der Waals surface area contributed by atoms with Crippen LogP contribution in [0.25, 0.3) is 0 Å². The fourth-order valence-electron chi connectivity index (χ4n) is 9.74. The van der Waals surface area contributed by atoms with Crippen molar-refractivity contribution >= 4 is 0 Å². The molecule has 0 aromatic heterocycles. The summed E-state index contributed by atoms with van der Waals surface area (Å²) in [5.74, 6) is 3.09. The van der Waals surface area contributed by atoms with E-state index in [1.165, 1.54) is 69.8 Å². The minimum absolute atomic E-state index is 0.201. The van der Waals surface area contributed by atoms with E-state index in [2.05, 4.69) is 55.4 Å². The SMILES string of the molecule is CC(C)CCC[C@@H](C)[C@H]1CC[C@@]2(C)C3=C(CC[C@]12C)[C@@]1(C)CCCC(C)(C)C1CC3O. The molecule has 1 nitrogen and oxygen atoms in total. The van der Waals surface area contributed by atoms with Crippen molar-refractivity contribution in [2.45, 2.75) is 132 Å². The van der Waals surface area contributed by atoms with Crippen molar-refractivity contribution in [1.82, 2.24) is 0 Å². The van der Waals surface area contributed by atoms with Crippen molar-refractivity contribution in [3.05, 3.63) is 11.1 Å². The maximum Gasteiger partial charge on any atom is 0.0761 e. The molecule has 4 aliphatic rings. The summed E-state index contributed by atoms with van der Waals surface area (Å²) in [6, 6.07) is 0. The molecule has 7 atom stereocenters. The Labute approximate surface area is 193 Å². The van der Waals surface area contributed by atoms with Gasteiger partial charge in [-0.3, -0.25) is 0 Å². The van der Waals surface area contributed by atoms with Gasteiger partial charge >= 0.3 is 0 Å². The van der Waals surface area contributed by atoms with E-state index in [0.717, 1.165) is 24.2 Å². The molecule has 0 spiro atoms. The summed E-state index contributed by atoms with van der Waals surface area (Å²) in [4.78, 5) is 0. The number of fused-ring (bicyclic) bond motifs is 4. The van der Waals surface area contributed by atoms with E-state index in [-0.39, 0.29) is 11.5 Å². The summed E-state index contributed by atoms with van der Waals surface area (Å²) >= 11 is 0. The van der Waals surface area contributed by atoms with E-state index in [1.54, 1.807) is 5.57 Å². The van der Waals surface area contributed by atoms with Crippen molar-refractivity contribution < 1.29 is 5.11 Å². The summed E-state index contributed by atoms with van der Waals surface area (Å²) in [6.07, 6.45) is 14.2. The van der Waals surface area contributed by atoms with Crippen LogP contribution < -0.4 is 0 Å². The Kier molecular flexibility index (Phi) is 6.07. The zero-order valence-corrected chi connectivity index (χ0v) is 22.1. The maximum atomic E-state index is 11.7. The quantitative estimate of drug-likeness (QED) is 0.435. The van der Waals surface area contributed by atoms with Crippen LogP contribution in [0.5, 0.6) is 0 Å². The average molecular weight is 429 g/mol. The topological polar surface area (TPSA) is 20.2 Å². The second kappa shape index (κ2) is 7.89. The van der Waals surface area contributed by atoms with Crippen molar-refractivity contribution in [1.29, 1.82) is 0 Å². The minimum Gasteiger partial charge on any atom is -0.389 e. The third-order valence-electron chi connectivity index (χ3n) is 11.7. The zero-order chi connectivity index (χ0) is 22.8. The molecule has 178 valence electrons. The highest BCUT2D eigenvalue weighted by Gasteiger charge is 2.64. The Balaban J connectivity index is 1.67. The lowest BCUT2D eigenvalue weighted by atomic mass is 9.43. The van der Waals surface area contributed by atoms with Crippen molar-refractivity contribution in [3.8, 4) is 0 Å². The van der Waals surface area contributed by atoms with Gasteiger partial charge in [0.05, 0.1) is 6.10 Å². The third kappa shape index (κ3) is 3.50. The van der Waals surface area contributed by atoms with Crippen LogP contribution in [0.15, 0.2) is 11.1 Å². The Morgan fingerprint density at radius 1 is 0.935 bits per heavy atom. The molecule has 0 bridgehead atoms. The Morgan fingerprint density at radius 2 is 1.65 bits per heavy atom. The van der Waals surface area contributed by atoms with Crippen molar-refractivity contribution in [2.24, 2.45) is 45.3 Å². The van der Waals surface area contributed by atoms with Gasteiger partial charge in [-0.05, 0) is 95.9 Å². The lowest BCUT2D eigenvalue weighted by Crippen LogP contribution is -2.55. The van der Waals surface area contributed by atoms with Gasteiger partial charge in [0.2, 0.25) is 0 Å². The lowest BCUT2D eigenvalue weighted by molar-refractivity contribution is -0.0541. The standard InChI is InChI=1S/C30H52O/c1-20(2)11-9-12-21(3)22-13-18-30(8)26-23(14-17-29(22,30)7)28(6)16-10-15-27(4,5)25(28)19-24(26)31/h20-22,24-25,31H,9-19H2,1-8H3/t21-,22-,24?,25?,28-,29-,30+/m1/s1. The highest BCUT2D eigenvalue weighted by molar-refractivity contribution is 5.41. The molecular formula is C30H52O. The second-order valence-corrected chi connectivity index (χ2v) is 14.2. The van der Waals surface area contributed by atoms with Gasteiger partial charge in [-0.2, -0.15) is 0 Å². The molecule has 0 heterocycles. The summed E-state index contributed by atoms with van der Waals surface area (Å²) in [5, 5.41) is 11.7. The first-order chi connectivity index (χ1) is 14.4. The van der Waals surface area contributed by atoms with Gasteiger partial charge in [-0.1, -0.05) is 86.6 Å². The molecule has 4 rings (SSSR count). The highest BCUT2D eigenvalue weighted by Crippen LogP contribution is 2.72. The molecule has 0 aromatic rings. The molecule has 0 amide bonds. The summed E-state index contributed by atoms with van der Waals surface area (Å²) in [5.41, 5.74) is 4.50. The van der Waals surface area contributed by atoms with Crippen LogP contribution >= 0.6 is 0 Å². The average Bonchev–Trinajstić information content (AvgIpc) is 2.94. The van der Waals surface area contributed by atoms with Gasteiger partial charge in [0.25, 0.3) is 0 Å². The predicted octanol–water partition coefficient (Wildman–Crippen LogP) is 8.56. The van der Waals surface area contributed by atoms with Gasteiger partial charge in [0.15, 0.2) is 0 Å². The molecule has 0 aliphatic heterocycles. The minimum atomic E-state index is -0.204. The molecule has 2 fully saturated rings. The number of allylic oxidation sites excluding steroid dienone is 1.